The van der Waals surface area contributed by atoms with Gasteiger partial charge in [0.1, 0.15) is 23.7 Å². The number of carbonyl (C=O) groups excluding carboxylic acids is 3. The fourth-order valence-electron chi connectivity index (χ4n) is 4.43. The third-order valence-electron chi connectivity index (χ3n) is 6.39. The molecule has 0 saturated heterocycles. The Balaban J connectivity index is 1.65. The molecular weight excluding hydrogens is 527 g/mol. The number of ether oxygens (including phenoxy) is 2. The van der Waals surface area contributed by atoms with E-state index in [1.54, 1.807) is 37.3 Å². The molecule has 0 spiro atoms. The summed E-state index contributed by atoms with van der Waals surface area (Å²) in [4.78, 5) is 39.2. The van der Waals surface area contributed by atoms with Crippen molar-refractivity contribution in [2.45, 2.75) is 31.6 Å². The number of esters is 1. The Morgan fingerprint density at radius 3 is 2.18 bits per heavy atom. The Morgan fingerprint density at radius 2 is 1.59 bits per heavy atom. The topological polar surface area (TPSA) is 119 Å². The molecule has 1 aliphatic heterocycles. The van der Waals surface area contributed by atoms with Crippen molar-refractivity contribution >= 4 is 33.5 Å². The molecule has 0 atom stereocenters. The molecule has 3 aromatic carbocycles. The first-order chi connectivity index (χ1) is 18.6. The quantitative estimate of drug-likeness (QED) is 0.295. The summed E-state index contributed by atoms with van der Waals surface area (Å²) in [6.45, 7) is 3.27. The summed E-state index contributed by atoms with van der Waals surface area (Å²) in [7, 11) is -3.08. The number of sulfonamides is 1. The zero-order chi connectivity index (χ0) is 28.3. The molecule has 0 radical (unpaired) electrons. The summed E-state index contributed by atoms with van der Waals surface area (Å²) < 4.78 is 53.6. The first kappa shape index (κ1) is 27.8. The summed E-state index contributed by atoms with van der Waals surface area (Å²) in [6.07, 6.45) is 0.691. The van der Waals surface area contributed by atoms with Crippen LogP contribution in [0.1, 0.15) is 56.0 Å². The van der Waals surface area contributed by atoms with Gasteiger partial charge in [-0.25, -0.2) is 17.6 Å². The highest BCUT2D eigenvalue weighted by Gasteiger charge is 2.35. The second kappa shape index (κ2) is 11.2. The number of carbonyl (C=O) groups is 3. The predicted molar refractivity (Wildman–Crippen MR) is 141 cm³/mol. The molecule has 39 heavy (non-hydrogen) atoms. The van der Waals surface area contributed by atoms with E-state index >= 15 is 0 Å². The lowest BCUT2D eigenvalue weighted by Crippen LogP contribution is -2.33. The summed E-state index contributed by atoms with van der Waals surface area (Å²) in [5, 5.41) is 0. The van der Waals surface area contributed by atoms with Gasteiger partial charge in [0.05, 0.1) is 35.4 Å². The molecular formula is C28H27FN2O7S. The first-order valence-electron chi connectivity index (χ1n) is 12.3. The number of hydrogen-bond acceptors (Lipinski definition) is 7. The van der Waals surface area contributed by atoms with Crippen molar-refractivity contribution in [1.82, 2.24) is 4.90 Å². The molecule has 0 saturated carbocycles. The number of methoxy groups -OCH3 is 1. The smallest absolute Gasteiger partial charge is 0.343 e. The van der Waals surface area contributed by atoms with Crippen LogP contribution in [0.15, 0.2) is 59.5 Å². The van der Waals surface area contributed by atoms with Crippen molar-refractivity contribution in [3.05, 3.63) is 88.2 Å². The molecule has 0 aromatic heterocycles. The maximum Gasteiger partial charge on any atom is 0.343 e. The summed E-state index contributed by atoms with van der Waals surface area (Å²) in [5.74, 6) is -2.25. The summed E-state index contributed by atoms with van der Waals surface area (Å²) in [5.41, 5.74) is 1.19. The van der Waals surface area contributed by atoms with Crippen molar-refractivity contribution in [3.8, 4) is 5.75 Å². The maximum absolute atomic E-state index is 13.7. The number of halogens is 1. The highest BCUT2D eigenvalue weighted by molar-refractivity contribution is 7.92. The van der Waals surface area contributed by atoms with Gasteiger partial charge < -0.3 is 9.47 Å². The molecule has 0 bridgehead atoms. The van der Waals surface area contributed by atoms with Crippen LogP contribution in [-0.4, -0.2) is 51.4 Å². The van der Waals surface area contributed by atoms with Crippen LogP contribution in [0.5, 0.6) is 5.75 Å². The van der Waals surface area contributed by atoms with Crippen LogP contribution in [0.3, 0.4) is 0 Å². The average Bonchev–Trinajstić information content (AvgIpc) is 3.17. The van der Waals surface area contributed by atoms with Gasteiger partial charge in [0.25, 0.3) is 21.8 Å². The number of imide groups is 1. The molecule has 2 amide bonds. The van der Waals surface area contributed by atoms with E-state index in [-0.39, 0.29) is 47.0 Å². The molecule has 3 aromatic rings. The average molecular weight is 555 g/mol. The van der Waals surface area contributed by atoms with Crippen molar-refractivity contribution < 1.29 is 36.7 Å². The van der Waals surface area contributed by atoms with Crippen molar-refractivity contribution in [2.75, 3.05) is 25.0 Å². The number of hydrogen-bond donors (Lipinski definition) is 1. The van der Waals surface area contributed by atoms with E-state index in [0.717, 1.165) is 30.2 Å². The van der Waals surface area contributed by atoms with Gasteiger partial charge in [-0.2, -0.15) is 0 Å². The van der Waals surface area contributed by atoms with Gasteiger partial charge in [-0.1, -0.05) is 32.0 Å². The number of nitrogens with one attached hydrogen (secondary N) is 1. The van der Waals surface area contributed by atoms with E-state index in [2.05, 4.69) is 4.72 Å². The molecule has 204 valence electrons. The van der Waals surface area contributed by atoms with Gasteiger partial charge in [-0.15, -0.1) is 0 Å². The van der Waals surface area contributed by atoms with E-state index < -0.39 is 33.6 Å². The number of nitrogens with zero attached hydrogens (tertiary/aromatic N) is 1. The SMILES string of the molecule is CCc1cc(F)ccc1S(=O)(=O)Nc1ccc(CC)c(OCCN2C(=O)c3ccccc3C2=O)c1C(=O)OC. The number of rotatable bonds is 10. The molecule has 11 heteroatoms. The van der Waals surface area contributed by atoms with E-state index in [1.165, 1.54) is 6.07 Å². The zero-order valence-corrected chi connectivity index (χ0v) is 22.4. The predicted octanol–water partition coefficient (Wildman–Crippen LogP) is 4.21. The van der Waals surface area contributed by atoms with Crippen LogP contribution < -0.4 is 9.46 Å². The monoisotopic (exact) mass is 554 g/mol. The molecule has 1 heterocycles. The molecule has 0 fully saturated rings. The van der Waals surface area contributed by atoms with Crippen molar-refractivity contribution in [2.24, 2.45) is 0 Å². The molecule has 1 N–H and O–H groups in total. The minimum absolute atomic E-state index is 0.0657. The van der Waals surface area contributed by atoms with Gasteiger partial charge in [0, 0.05) is 0 Å². The van der Waals surface area contributed by atoms with Crippen LogP contribution in [0, 0.1) is 5.82 Å². The molecule has 4 rings (SSSR count). The third kappa shape index (κ3) is 5.35. The fraction of sp³-hybridized carbons (Fsp3) is 0.250. The Labute approximate surface area is 225 Å². The molecule has 1 aliphatic rings. The number of aryl methyl sites for hydroxylation is 2. The second-order valence-corrected chi connectivity index (χ2v) is 10.3. The van der Waals surface area contributed by atoms with E-state index in [0.29, 0.717) is 23.1 Å². The second-order valence-electron chi connectivity index (χ2n) is 8.69. The molecule has 0 unspecified atom stereocenters. The Kier molecular flexibility index (Phi) is 8.01. The van der Waals surface area contributed by atoms with Crippen LogP contribution >= 0.6 is 0 Å². The van der Waals surface area contributed by atoms with Crippen LogP contribution in [0.4, 0.5) is 10.1 Å². The number of benzene rings is 3. The highest BCUT2D eigenvalue weighted by Crippen LogP contribution is 2.34. The lowest BCUT2D eigenvalue weighted by atomic mass is 10.0. The third-order valence-corrected chi connectivity index (χ3v) is 7.85. The minimum Gasteiger partial charge on any atom is -0.490 e. The zero-order valence-electron chi connectivity index (χ0n) is 21.6. The standard InChI is InChI=1S/C28H27FN2O7S/c1-4-17-10-12-22(30-39(35,36)23-13-11-19(29)16-18(23)5-2)24(28(34)37-3)25(17)38-15-14-31-26(32)20-8-6-7-9-21(20)27(31)33/h6-13,16,30H,4-5,14-15H2,1-3H3. The van der Waals surface area contributed by atoms with Gasteiger partial charge in [0.15, 0.2) is 0 Å². The minimum atomic E-state index is -4.23. The van der Waals surface area contributed by atoms with Crippen LogP contribution in [0.2, 0.25) is 0 Å². The Morgan fingerprint density at radius 1 is 0.949 bits per heavy atom. The summed E-state index contributed by atoms with van der Waals surface area (Å²) >= 11 is 0. The van der Waals surface area contributed by atoms with Gasteiger partial charge in [-0.3, -0.25) is 19.2 Å². The maximum atomic E-state index is 13.7. The van der Waals surface area contributed by atoms with Gasteiger partial charge in [-0.05, 0) is 60.4 Å². The summed E-state index contributed by atoms with van der Waals surface area (Å²) in [6, 6.07) is 12.9. The van der Waals surface area contributed by atoms with Gasteiger partial charge >= 0.3 is 5.97 Å². The Bertz CT molecular complexity index is 1540. The van der Waals surface area contributed by atoms with Crippen molar-refractivity contribution in [3.63, 3.8) is 0 Å². The largest absolute Gasteiger partial charge is 0.490 e. The van der Waals surface area contributed by atoms with Crippen LogP contribution in [0.25, 0.3) is 0 Å². The van der Waals surface area contributed by atoms with E-state index in [1.807, 2.05) is 6.92 Å². The molecule has 0 aliphatic carbocycles. The van der Waals surface area contributed by atoms with E-state index in [4.69, 9.17) is 9.47 Å². The molecule has 9 nitrogen and oxygen atoms in total. The van der Waals surface area contributed by atoms with E-state index in [9.17, 15) is 27.2 Å². The fourth-order valence-corrected chi connectivity index (χ4v) is 5.79. The highest BCUT2D eigenvalue weighted by atomic mass is 32.2. The lowest BCUT2D eigenvalue weighted by Gasteiger charge is -2.20. The first-order valence-corrected chi connectivity index (χ1v) is 13.7. The normalized spacial score (nSPS) is 12.9. The number of fused-ring (bicyclic) bond motifs is 1. The van der Waals surface area contributed by atoms with Crippen molar-refractivity contribution in [1.29, 1.82) is 0 Å². The van der Waals surface area contributed by atoms with Gasteiger partial charge in [0.2, 0.25) is 0 Å². The Hall–Kier alpha value is -4.25. The van der Waals surface area contributed by atoms with Crippen LogP contribution in [-0.2, 0) is 27.6 Å². The lowest BCUT2D eigenvalue weighted by molar-refractivity contribution is 0.0583. The number of anilines is 1. The number of amides is 2.